The van der Waals surface area contributed by atoms with Gasteiger partial charge >= 0.3 is 0 Å². The van der Waals surface area contributed by atoms with Gasteiger partial charge in [-0.25, -0.2) is 0 Å². The fourth-order valence-electron chi connectivity index (χ4n) is 3.00. The monoisotopic (exact) mass is 317 g/mol. The third-order valence-electron chi connectivity index (χ3n) is 4.66. The van der Waals surface area contributed by atoms with Crippen molar-refractivity contribution in [1.29, 1.82) is 0 Å². The smallest absolute Gasteiger partial charge is 0.253 e. The van der Waals surface area contributed by atoms with Crippen LogP contribution in [0, 0.1) is 5.92 Å². The number of carbonyl (C=O) groups is 2. The molecule has 0 aliphatic carbocycles. The number of nitrogens with zero attached hydrogens (tertiary/aromatic N) is 2. The van der Waals surface area contributed by atoms with Crippen LogP contribution in [0.25, 0.3) is 0 Å². The molecule has 0 radical (unpaired) electrons. The number of benzene rings is 1. The summed E-state index contributed by atoms with van der Waals surface area (Å²) in [6, 6.07) is 7.02. The van der Waals surface area contributed by atoms with E-state index in [2.05, 4.69) is 0 Å². The number of carbonyl (C=O) groups excluding carboxylic acids is 2. The summed E-state index contributed by atoms with van der Waals surface area (Å²) >= 11 is 0. The Hall–Kier alpha value is -1.88. The maximum atomic E-state index is 12.5. The van der Waals surface area contributed by atoms with E-state index in [1.165, 1.54) is 0 Å². The zero-order chi connectivity index (χ0) is 16.8. The van der Waals surface area contributed by atoms with Gasteiger partial charge in [-0.15, -0.1) is 0 Å². The van der Waals surface area contributed by atoms with Crippen molar-refractivity contribution in [3.05, 3.63) is 35.4 Å². The number of rotatable bonds is 5. The third-order valence-corrected chi connectivity index (χ3v) is 4.66. The summed E-state index contributed by atoms with van der Waals surface area (Å²) in [6.45, 7) is 7.53. The molecule has 0 aromatic heterocycles. The van der Waals surface area contributed by atoms with Gasteiger partial charge in [-0.05, 0) is 63.4 Å². The Kier molecular flexibility index (Phi) is 6.16. The molecule has 1 aliphatic heterocycles. The van der Waals surface area contributed by atoms with Crippen LogP contribution < -0.4 is 5.73 Å². The van der Waals surface area contributed by atoms with Gasteiger partial charge in [-0.1, -0.05) is 0 Å². The van der Waals surface area contributed by atoms with Gasteiger partial charge < -0.3 is 15.5 Å². The number of hydrogen-bond donors (Lipinski definition) is 1. The molecule has 5 nitrogen and oxygen atoms in total. The number of amides is 2. The van der Waals surface area contributed by atoms with Crippen LogP contribution >= 0.6 is 0 Å². The van der Waals surface area contributed by atoms with Gasteiger partial charge in [0, 0.05) is 37.3 Å². The van der Waals surface area contributed by atoms with E-state index < -0.39 is 0 Å². The first kappa shape index (κ1) is 17.5. The molecule has 1 heterocycles. The molecule has 5 heteroatoms. The Bertz CT molecular complexity index is 530. The van der Waals surface area contributed by atoms with Crippen molar-refractivity contribution in [2.45, 2.75) is 26.7 Å². The van der Waals surface area contributed by atoms with Crippen molar-refractivity contribution in [2.75, 3.05) is 32.7 Å². The normalized spacial score (nSPS) is 15.5. The predicted octanol–water partition coefficient (Wildman–Crippen LogP) is 1.98. The van der Waals surface area contributed by atoms with E-state index in [4.69, 9.17) is 5.73 Å². The zero-order valence-electron chi connectivity index (χ0n) is 14.1. The Morgan fingerprint density at radius 1 is 1.09 bits per heavy atom. The Balaban J connectivity index is 2.02. The molecule has 0 unspecified atom stereocenters. The molecule has 1 saturated heterocycles. The Morgan fingerprint density at radius 2 is 1.61 bits per heavy atom. The molecule has 2 rings (SSSR count). The van der Waals surface area contributed by atoms with Crippen molar-refractivity contribution in [3.8, 4) is 0 Å². The molecule has 0 saturated carbocycles. The first-order chi connectivity index (χ1) is 11.1. The molecule has 1 aromatic rings. The molecule has 2 amide bonds. The highest BCUT2D eigenvalue weighted by atomic mass is 16.2. The second-order valence-corrected chi connectivity index (χ2v) is 6.03. The quantitative estimate of drug-likeness (QED) is 0.903. The minimum Gasteiger partial charge on any atom is -0.339 e. The maximum Gasteiger partial charge on any atom is 0.253 e. The summed E-state index contributed by atoms with van der Waals surface area (Å²) in [5.41, 5.74) is 6.97. The van der Waals surface area contributed by atoms with Crippen LogP contribution in [0.15, 0.2) is 24.3 Å². The summed E-state index contributed by atoms with van der Waals surface area (Å²) in [4.78, 5) is 28.5. The lowest BCUT2D eigenvalue weighted by Gasteiger charge is -2.31. The topological polar surface area (TPSA) is 66.6 Å². The lowest BCUT2D eigenvalue weighted by atomic mass is 9.96. The van der Waals surface area contributed by atoms with Crippen LogP contribution in [0.1, 0.15) is 47.4 Å². The highest BCUT2D eigenvalue weighted by Crippen LogP contribution is 2.18. The Morgan fingerprint density at radius 3 is 2.09 bits per heavy atom. The summed E-state index contributed by atoms with van der Waals surface area (Å²) in [5, 5.41) is 0. The van der Waals surface area contributed by atoms with Gasteiger partial charge in [0.2, 0.25) is 0 Å². The lowest BCUT2D eigenvalue weighted by Crippen LogP contribution is -2.40. The van der Waals surface area contributed by atoms with E-state index in [-0.39, 0.29) is 11.8 Å². The van der Waals surface area contributed by atoms with E-state index in [9.17, 15) is 9.59 Å². The van der Waals surface area contributed by atoms with E-state index in [1.54, 1.807) is 29.2 Å². The first-order valence-corrected chi connectivity index (χ1v) is 8.49. The van der Waals surface area contributed by atoms with Crippen molar-refractivity contribution in [2.24, 2.45) is 11.7 Å². The van der Waals surface area contributed by atoms with Gasteiger partial charge in [-0.2, -0.15) is 0 Å². The van der Waals surface area contributed by atoms with Crippen molar-refractivity contribution in [3.63, 3.8) is 0 Å². The van der Waals surface area contributed by atoms with Gasteiger partial charge in [-0.3, -0.25) is 9.59 Å². The maximum absolute atomic E-state index is 12.5. The molecule has 0 spiro atoms. The van der Waals surface area contributed by atoms with E-state index in [0.29, 0.717) is 36.7 Å². The molecule has 2 N–H and O–H groups in total. The second-order valence-electron chi connectivity index (χ2n) is 6.03. The van der Waals surface area contributed by atoms with Crippen LogP contribution in [-0.2, 0) is 0 Å². The molecule has 1 aromatic carbocycles. The first-order valence-electron chi connectivity index (χ1n) is 8.49. The summed E-state index contributed by atoms with van der Waals surface area (Å²) in [7, 11) is 0. The Labute approximate surface area is 138 Å². The molecule has 23 heavy (non-hydrogen) atoms. The largest absolute Gasteiger partial charge is 0.339 e. The van der Waals surface area contributed by atoms with Crippen LogP contribution in [0.5, 0.6) is 0 Å². The average Bonchev–Trinajstić information content (AvgIpc) is 2.62. The van der Waals surface area contributed by atoms with Gasteiger partial charge in [0.1, 0.15) is 0 Å². The molecular formula is C18H27N3O2. The number of piperidine rings is 1. The van der Waals surface area contributed by atoms with Crippen molar-refractivity contribution >= 4 is 11.8 Å². The fourth-order valence-corrected chi connectivity index (χ4v) is 3.00. The molecular weight excluding hydrogens is 290 g/mol. The van der Waals surface area contributed by atoms with Gasteiger partial charge in [0.05, 0.1) is 0 Å². The summed E-state index contributed by atoms with van der Waals surface area (Å²) in [6.07, 6.45) is 1.95. The molecule has 1 aliphatic rings. The highest BCUT2D eigenvalue weighted by molar-refractivity contribution is 5.97. The van der Waals surface area contributed by atoms with E-state index in [0.717, 1.165) is 25.9 Å². The minimum atomic E-state index is 0.0118. The fraction of sp³-hybridized carbons (Fsp3) is 0.556. The highest BCUT2D eigenvalue weighted by Gasteiger charge is 2.23. The number of likely N-dealkylation sites (tertiary alicyclic amines) is 1. The number of hydrogen-bond acceptors (Lipinski definition) is 3. The van der Waals surface area contributed by atoms with Crippen LogP contribution in [0.2, 0.25) is 0 Å². The zero-order valence-corrected chi connectivity index (χ0v) is 14.1. The van der Waals surface area contributed by atoms with Gasteiger partial charge in [0.25, 0.3) is 11.8 Å². The predicted molar refractivity (Wildman–Crippen MR) is 91.4 cm³/mol. The molecule has 126 valence electrons. The summed E-state index contributed by atoms with van der Waals surface area (Å²) in [5.74, 6) is 0.591. The van der Waals surface area contributed by atoms with Crippen LogP contribution in [-0.4, -0.2) is 54.3 Å². The van der Waals surface area contributed by atoms with Crippen LogP contribution in [0.4, 0.5) is 0 Å². The molecule has 0 bridgehead atoms. The standard InChI is InChI=1S/C18H27N3O2/c1-3-20(4-2)17(22)15-5-7-16(8-6-15)18(23)21-11-9-14(13-19)10-12-21/h5-8,14H,3-4,9-13,19H2,1-2H3. The summed E-state index contributed by atoms with van der Waals surface area (Å²) < 4.78 is 0. The lowest BCUT2D eigenvalue weighted by molar-refractivity contribution is 0.0691. The van der Waals surface area contributed by atoms with E-state index >= 15 is 0 Å². The van der Waals surface area contributed by atoms with Gasteiger partial charge in [0.15, 0.2) is 0 Å². The molecule has 1 fully saturated rings. The van der Waals surface area contributed by atoms with E-state index in [1.807, 2.05) is 18.7 Å². The minimum absolute atomic E-state index is 0.0118. The van der Waals surface area contributed by atoms with Crippen molar-refractivity contribution in [1.82, 2.24) is 9.80 Å². The second kappa shape index (κ2) is 8.11. The number of nitrogens with two attached hydrogens (primary N) is 1. The average molecular weight is 317 g/mol. The van der Waals surface area contributed by atoms with Crippen molar-refractivity contribution < 1.29 is 9.59 Å². The SMILES string of the molecule is CCN(CC)C(=O)c1ccc(C(=O)N2CCC(CN)CC2)cc1. The molecule has 0 atom stereocenters. The third kappa shape index (κ3) is 4.10. The van der Waals surface area contributed by atoms with Crippen LogP contribution in [0.3, 0.4) is 0 Å².